The van der Waals surface area contributed by atoms with Gasteiger partial charge in [0, 0.05) is 0 Å². The zero-order valence-electron chi connectivity index (χ0n) is 3.20. The Morgan fingerprint density at radius 3 is 1.86 bits per heavy atom. The normalized spacial score (nSPS) is 11.3. The van der Waals surface area contributed by atoms with E-state index in [1.807, 2.05) is 0 Å². The van der Waals surface area contributed by atoms with E-state index in [0.29, 0.717) is 0 Å². The molecule has 0 aliphatic heterocycles. The van der Waals surface area contributed by atoms with Crippen LogP contribution < -0.4 is 0 Å². The Morgan fingerprint density at radius 1 is 1.43 bits per heavy atom. The molecular weight excluding hydrogens is 160 g/mol. The van der Waals surface area contributed by atoms with Gasteiger partial charge in [-0.3, -0.25) is 0 Å². The fourth-order valence-electron chi connectivity index (χ4n) is 0.0732. The molecule has 0 N–H and O–H groups in total. The lowest BCUT2D eigenvalue weighted by Gasteiger charge is -2.00. The molecule has 0 aliphatic rings. The maximum Gasteiger partial charge on any atom is 0.213 e. The monoisotopic (exact) mass is 161 g/mol. The van der Waals surface area contributed by atoms with Gasteiger partial charge in [0.05, 0.1) is 0 Å². The lowest BCUT2D eigenvalue weighted by molar-refractivity contribution is 1.01. The summed E-state index contributed by atoms with van der Waals surface area (Å²) in [5.74, 6) is 0. The van der Waals surface area contributed by atoms with E-state index in [0.717, 1.165) is 0 Å². The molecule has 0 aliphatic carbocycles. The molecule has 0 spiro atoms. The molecule has 42 valence electrons. The minimum Gasteiger partial charge on any atom is -0.151 e. The standard InChI is InChI=1S/C2H2Cl3NO/c3-2(4,5)1-6-7/h1H2. The summed E-state index contributed by atoms with van der Waals surface area (Å²) in [6, 6.07) is 0. The van der Waals surface area contributed by atoms with Gasteiger partial charge in [0.25, 0.3) is 0 Å². The van der Waals surface area contributed by atoms with E-state index in [1.54, 1.807) is 0 Å². The van der Waals surface area contributed by atoms with Crippen LogP contribution in [0.25, 0.3) is 0 Å². The van der Waals surface area contributed by atoms with E-state index in [4.69, 9.17) is 34.8 Å². The number of alkyl halides is 3. The van der Waals surface area contributed by atoms with Gasteiger partial charge >= 0.3 is 0 Å². The van der Waals surface area contributed by atoms with Crippen LogP contribution in [0.5, 0.6) is 0 Å². The Morgan fingerprint density at radius 2 is 1.86 bits per heavy atom. The molecule has 0 aromatic rings. The summed E-state index contributed by atoms with van der Waals surface area (Å²) in [7, 11) is 0. The van der Waals surface area contributed by atoms with Crippen molar-refractivity contribution < 1.29 is 0 Å². The van der Waals surface area contributed by atoms with Crippen LogP contribution in [-0.4, -0.2) is 10.3 Å². The predicted octanol–water partition coefficient (Wildman–Crippen LogP) is 2.12. The highest BCUT2D eigenvalue weighted by molar-refractivity contribution is 6.67. The number of hydrogen-bond donors (Lipinski definition) is 0. The molecule has 0 aromatic heterocycles. The van der Waals surface area contributed by atoms with Crippen LogP contribution in [0.3, 0.4) is 0 Å². The number of nitroso groups, excluding NO2 is 1. The maximum absolute atomic E-state index is 9.32. The van der Waals surface area contributed by atoms with Crippen LogP contribution in [0, 0.1) is 4.91 Å². The van der Waals surface area contributed by atoms with Gasteiger partial charge in [-0.05, 0) is 0 Å². The van der Waals surface area contributed by atoms with Crippen molar-refractivity contribution in [2.75, 3.05) is 6.54 Å². The molecule has 0 amide bonds. The molecule has 2 nitrogen and oxygen atoms in total. The van der Waals surface area contributed by atoms with Crippen molar-refractivity contribution in [2.45, 2.75) is 3.79 Å². The molecule has 0 saturated carbocycles. The van der Waals surface area contributed by atoms with Crippen LogP contribution in [0.4, 0.5) is 0 Å². The third-order valence-corrected chi connectivity index (χ3v) is 0.602. The minimum absolute atomic E-state index is 0.294. The molecule has 5 heteroatoms. The lowest BCUT2D eigenvalue weighted by atomic mass is 10.8. The van der Waals surface area contributed by atoms with Gasteiger partial charge in [0.2, 0.25) is 3.79 Å². The van der Waals surface area contributed by atoms with Gasteiger partial charge in [-0.1, -0.05) is 40.0 Å². The van der Waals surface area contributed by atoms with Crippen molar-refractivity contribution in [1.29, 1.82) is 0 Å². The van der Waals surface area contributed by atoms with Crippen LogP contribution in [0.2, 0.25) is 0 Å². The first-order valence-electron chi connectivity index (χ1n) is 1.42. The number of nitrogens with zero attached hydrogens (tertiary/aromatic N) is 1. The van der Waals surface area contributed by atoms with Gasteiger partial charge in [0.1, 0.15) is 6.54 Å². The van der Waals surface area contributed by atoms with E-state index in [9.17, 15) is 4.91 Å². The number of rotatable bonds is 1. The van der Waals surface area contributed by atoms with Crippen molar-refractivity contribution in [3.05, 3.63) is 4.91 Å². The average Bonchev–Trinajstić information content (AvgIpc) is 1.30. The van der Waals surface area contributed by atoms with Crippen LogP contribution in [0.15, 0.2) is 5.18 Å². The second-order valence-electron chi connectivity index (χ2n) is 0.902. The molecule has 7 heavy (non-hydrogen) atoms. The first-order chi connectivity index (χ1) is 3.06. The molecule has 0 atom stereocenters. The Hall–Kier alpha value is 0.470. The van der Waals surface area contributed by atoms with E-state index >= 15 is 0 Å². The zero-order chi connectivity index (χ0) is 5.91. The van der Waals surface area contributed by atoms with Crippen LogP contribution in [0.1, 0.15) is 0 Å². The smallest absolute Gasteiger partial charge is 0.151 e. The summed E-state index contributed by atoms with van der Waals surface area (Å²) in [4.78, 5) is 9.32. The quantitative estimate of drug-likeness (QED) is 0.429. The molecule has 0 heterocycles. The second kappa shape index (κ2) is 2.70. The van der Waals surface area contributed by atoms with Gasteiger partial charge in [-0.2, -0.15) is 4.91 Å². The van der Waals surface area contributed by atoms with Crippen molar-refractivity contribution in [3.8, 4) is 0 Å². The summed E-state index contributed by atoms with van der Waals surface area (Å²) in [6.07, 6.45) is 0. The molecule has 0 bridgehead atoms. The van der Waals surface area contributed by atoms with Crippen molar-refractivity contribution >= 4 is 34.8 Å². The van der Waals surface area contributed by atoms with E-state index in [-0.39, 0.29) is 6.54 Å². The molecule has 0 fully saturated rings. The molecule has 0 saturated heterocycles. The average molecular weight is 162 g/mol. The fraction of sp³-hybridized carbons (Fsp3) is 1.00. The summed E-state index contributed by atoms with van der Waals surface area (Å²) < 4.78 is -1.51. The Labute approximate surface area is 55.7 Å². The minimum atomic E-state index is -1.51. The summed E-state index contributed by atoms with van der Waals surface area (Å²) >= 11 is 15.2. The topological polar surface area (TPSA) is 29.4 Å². The van der Waals surface area contributed by atoms with Gasteiger partial charge < -0.3 is 0 Å². The lowest BCUT2D eigenvalue weighted by Crippen LogP contribution is -2.05. The number of hydrogen-bond acceptors (Lipinski definition) is 2. The van der Waals surface area contributed by atoms with E-state index < -0.39 is 3.79 Å². The van der Waals surface area contributed by atoms with E-state index in [1.165, 1.54) is 0 Å². The van der Waals surface area contributed by atoms with Gasteiger partial charge in [0.15, 0.2) is 0 Å². The predicted molar refractivity (Wildman–Crippen MR) is 31.0 cm³/mol. The van der Waals surface area contributed by atoms with E-state index in [2.05, 4.69) is 5.18 Å². The Kier molecular flexibility index (Phi) is 2.88. The van der Waals surface area contributed by atoms with Crippen molar-refractivity contribution in [2.24, 2.45) is 5.18 Å². The Balaban J connectivity index is 3.34. The first-order valence-corrected chi connectivity index (χ1v) is 2.55. The second-order valence-corrected chi connectivity index (χ2v) is 3.42. The summed E-state index contributed by atoms with van der Waals surface area (Å²) in [5, 5.41) is 2.36. The SMILES string of the molecule is O=NCC(Cl)(Cl)Cl. The fourth-order valence-corrected chi connectivity index (χ4v) is 0.220. The third-order valence-electron chi connectivity index (χ3n) is 0.244. The highest BCUT2D eigenvalue weighted by Crippen LogP contribution is 2.25. The Bertz CT molecular complexity index is 67.8. The zero-order valence-corrected chi connectivity index (χ0v) is 5.46. The molecule has 0 radical (unpaired) electrons. The summed E-state index contributed by atoms with van der Waals surface area (Å²) in [5.41, 5.74) is 0. The van der Waals surface area contributed by atoms with Crippen molar-refractivity contribution in [1.82, 2.24) is 0 Å². The molecular formula is C2H2Cl3NO. The largest absolute Gasteiger partial charge is 0.213 e. The first kappa shape index (κ1) is 7.47. The molecule has 0 aromatic carbocycles. The maximum atomic E-state index is 9.32. The number of halogens is 3. The van der Waals surface area contributed by atoms with Crippen LogP contribution in [-0.2, 0) is 0 Å². The highest BCUT2D eigenvalue weighted by Gasteiger charge is 2.18. The summed E-state index contributed by atoms with van der Waals surface area (Å²) in [6.45, 7) is -0.294. The third kappa shape index (κ3) is 6.47. The van der Waals surface area contributed by atoms with Crippen molar-refractivity contribution in [3.63, 3.8) is 0 Å². The van der Waals surface area contributed by atoms with Gasteiger partial charge in [-0.25, -0.2) is 0 Å². The molecule has 0 rings (SSSR count). The van der Waals surface area contributed by atoms with Crippen LogP contribution >= 0.6 is 34.8 Å². The highest BCUT2D eigenvalue weighted by atomic mass is 35.6. The van der Waals surface area contributed by atoms with Gasteiger partial charge in [-0.15, -0.1) is 0 Å². The molecule has 0 unspecified atom stereocenters.